The Morgan fingerprint density at radius 1 is 1.28 bits per heavy atom. The molecule has 29 heavy (non-hydrogen) atoms. The summed E-state index contributed by atoms with van der Waals surface area (Å²) in [7, 11) is 0. The number of carbonyl (C=O) groups excluding carboxylic acids is 1. The molecule has 1 aliphatic heterocycles. The summed E-state index contributed by atoms with van der Waals surface area (Å²) in [5, 5.41) is 12.7. The fraction of sp³-hybridized carbons (Fsp3) is 0.350. The maximum Gasteiger partial charge on any atom is 0.291 e. The molecule has 1 saturated heterocycles. The molecule has 2 N–H and O–H groups in total. The van der Waals surface area contributed by atoms with E-state index in [0.717, 1.165) is 30.8 Å². The molecule has 1 aliphatic rings. The van der Waals surface area contributed by atoms with Crippen LogP contribution < -0.4 is 10.6 Å². The van der Waals surface area contributed by atoms with Crippen molar-refractivity contribution in [2.45, 2.75) is 19.8 Å². The Kier molecular flexibility index (Phi) is 6.66. The van der Waals surface area contributed by atoms with Gasteiger partial charge in [0.15, 0.2) is 5.82 Å². The summed E-state index contributed by atoms with van der Waals surface area (Å²) >= 11 is 1.51. The molecule has 3 aromatic rings. The van der Waals surface area contributed by atoms with Gasteiger partial charge in [0, 0.05) is 6.54 Å². The fourth-order valence-electron chi connectivity index (χ4n) is 3.32. The Labute approximate surface area is 179 Å². The van der Waals surface area contributed by atoms with E-state index in [1.807, 2.05) is 17.5 Å². The fourth-order valence-corrected chi connectivity index (χ4v) is 4.01. The lowest BCUT2D eigenvalue weighted by Crippen LogP contribution is -2.43. The van der Waals surface area contributed by atoms with E-state index in [1.54, 1.807) is 16.8 Å². The summed E-state index contributed by atoms with van der Waals surface area (Å²) in [5.41, 5.74) is 0.735. The molecule has 6 nitrogen and oxygen atoms in total. The van der Waals surface area contributed by atoms with Crippen LogP contribution in [0.25, 0.3) is 16.4 Å². The number of nitrogens with one attached hydrogen (secondary N) is 2. The molecule has 9 heteroatoms. The Morgan fingerprint density at radius 2 is 2.00 bits per heavy atom. The predicted octanol–water partition coefficient (Wildman–Crippen LogP) is 3.68. The molecule has 1 aromatic carbocycles. The lowest BCUT2D eigenvalue weighted by atomic mass is 9.81. The molecular weight excluding hydrogens is 413 g/mol. The minimum absolute atomic E-state index is 0. The third-order valence-corrected chi connectivity index (χ3v) is 5.98. The molecule has 3 heterocycles. The van der Waals surface area contributed by atoms with Crippen molar-refractivity contribution in [2.24, 2.45) is 5.41 Å². The minimum atomic E-state index is -0.324. The first kappa shape index (κ1) is 21.4. The first-order valence-corrected chi connectivity index (χ1v) is 10.2. The number of nitrogens with zero attached hydrogens (tertiary/aromatic N) is 3. The molecule has 0 spiro atoms. The van der Waals surface area contributed by atoms with Crippen LogP contribution in [0.4, 0.5) is 4.39 Å². The monoisotopic (exact) mass is 435 g/mol. The minimum Gasteiger partial charge on any atom is -0.349 e. The van der Waals surface area contributed by atoms with Gasteiger partial charge in [-0.25, -0.2) is 14.1 Å². The Balaban J connectivity index is 0.00000240. The van der Waals surface area contributed by atoms with Crippen LogP contribution in [0.1, 0.15) is 30.4 Å². The molecule has 2 aromatic heterocycles. The molecule has 0 unspecified atom stereocenters. The average Bonchev–Trinajstić information content (AvgIpc) is 3.37. The lowest BCUT2D eigenvalue weighted by Gasteiger charge is -2.33. The van der Waals surface area contributed by atoms with Gasteiger partial charge in [-0.3, -0.25) is 4.79 Å². The summed E-state index contributed by atoms with van der Waals surface area (Å²) < 4.78 is 14.9. The van der Waals surface area contributed by atoms with Crippen LogP contribution in [0.3, 0.4) is 0 Å². The molecule has 154 valence electrons. The van der Waals surface area contributed by atoms with Crippen molar-refractivity contribution in [2.75, 3.05) is 19.6 Å². The third kappa shape index (κ3) is 4.83. The van der Waals surface area contributed by atoms with Gasteiger partial charge in [0.2, 0.25) is 5.82 Å². The highest BCUT2D eigenvalue weighted by molar-refractivity contribution is 7.13. The quantitative estimate of drug-likeness (QED) is 0.641. The highest BCUT2D eigenvalue weighted by Crippen LogP contribution is 2.28. The van der Waals surface area contributed by atoms with Crippen LogP contribution in [0.2, 0.25) is 0 Å². The lowest BCUT2D eigenvalue weighted by molar-refractivity contribution is 0.0912. The van der Waals surface area contributed by atoms with Crippen LogP contribution in [-0.4, -0.2) is 40.3 Å². The van der Waals surface area contributed by atoms with Crippen LogP contribution in [-0.2, 0) is 0 Å². The van der Waals surface area contributed by atoms with Crippen molar-refractivity contribution in [3.63, 3.8) is 0 Å². The second-order valence-electron chi connectivity index (χ2n) is 7.37. The number of rotatable bonds is 5. The van der Waals surface area contributed by atoms with Crippen molar-refractivity contribution in [1.29, 1.82) is 0 Å². The van der Waals surface area contributed by atoms with E-state index in [2.05, 4.69) is 27.6 Å². The molecule has 0 radical (unpaired) electrons. The zero-order chi connectivity index (χ0) is 19.6. The standard InChI is InChI=1S/C20H22FN5OS.ClH/c1-20(8-10-22-11-9-20)13-23-19(27)17-24-18(16-3-2-12-28-16)26(25-17)15-6-4-14(21)5-7-15;/h2-7,12,22H,8-11,13H2,1H3,(H,23,27);1H. The number of carbonyl (C=O) groups is 1. The Morgan fingerprint density at radius 3 is 2.66 bits per heavy atom. The highest BCUT2D eigenvalue weighted by Gasteiger charge is 2.28. The number of hydrogen-bond acceptors (Lipinski definition) is 5. The third-order valence-electron chi connectivity index (χ3n) is 5.11. The Bertz CT molecular complexity index is 952. The molecule has 0 atom stereocenters. The largest absolute Gasteiger partial charge is 0.349 e. The predicted molar refractivity (Wildman–Crippen MR) is 114 cm³/mol. The highest BCUT2D eigenvalue weighted by atomic mass is 35.5. The van der Waals surface area contributed by atoms with Crippen LogP contribution in [0.5, 0.6) is 0 Å². The van der Waals surface area contributed by atoms with Gasteiger partial charge in [-0.15, -0.1) is 28.8 Å². The molecule has 0 saturated carbocycles. The number of benzene rings is 1. The summed E-state index contributed by atoms with van der Waals surface area (Å²) in [4.78, 5) is 18.1. The van der Waals surface area contributed by atoms with E-state index in [1.165, 1.54) is 23.5 Å². The van der Waals surface area contributed by atoms with Gasteiger partial charge in [0.25, 0.3) is 5.91 Å². The van der Waals surface area contributed by atoms with Crippen LogP contribution in [0, 0.1) is 11.2 Å². The number of thiophene rings is 1. The second kappa shape index (κ2) is 9.02. The summed E-state index contributed by atoms with van der Waals surface area (Å²) in [6.07, 6.45) is 2.04. The normalized spacial score (nSPS) is 15.5. The van der Waals surface area contributed by atoms with E-state index >= 15 is 0 Å². The maximum atomic E-state index is 13.3. The van der Waals surface area contributed by atoms with Crippen LogP contribution >= 0.6 is 23.7 Å². The molecular formula is C20H23ClFN5OS. The number of halogens is 2. The number of aromatic nitrogens is 3. The summed E-state index contributed by atoms with van der Waals surface area (Å²) in [6, 6.07) is 9.82. The van der Waals surface area contributed by atoms with Gasteiger partial charge in [0.05, 0.1) is 10.6 Å². The molecule has 0 aliphatic carbocycles. The van der Waals surface area contributed by atoms with Gasteiger partial charge in [-0.1, -0.05) is 13.0 Å². The van der Waals surface area contributed by atoms with Crippen molar-refractivity contribution >= 4 is 29.7 Å². The molecule has 0 bridgehead atoms. The Hall–Kier alpha value is -2.29. The zero-order valence-corrected chi connectivity index (χ0v) is 17.7. The molecule has 1 fully saturated rings. The van der Waals surface area contributed by atoms with E-state index in [-0.39, 0.29) is 35.4 Å². The molecule has 1 amide bonds. The van der Waals surface area contributed by atoms with Crippen molar-refractivity contribution in [3.05, 3.63) is 53.4 Å². The van der Waals surface area contributed by atoms with Gasteiger partial charge in [-0.05, 0) is 67.1 Å². The first-order valence-electron chi connectivity index (χ1n) is 9.30. The second-order valence-corrected chi connectivity index (χ2v) is 8.32. The van der Waals surface area contributed by atoms with Crippen LogP contribution in [0.15, 0.2) is 41.8 Å². The smallest absolute Gasteiger partial charge is 0.291 e. The van der Waals surface area contributed by atoms with E-state index in [4.69, 9.17) is 0 Å². The summed E-state index contributed by atoms with van der Waals surface area (Å²) in [5.74, 6) is 0.0678. The topological polar surface area (TPSA) is 71.8 Å². The van der Waals surface area contributed by atoms with E-state index in [0.29, 0.717) is 18.1 Å². The number of amides is 1. The maximum absolute atomic E-state index is 13.3. The van der Waals surface area contributed by atoms with Crippen molar-refractivity contribution in [1.82, 2.24) is 25.4 Å². The molecule has 4 rings (SSSR count). The van der Waals surface area contributed by atoms with E-state index < -0.39 is 0 Å². The van der Waals surface area contributed by atoms with Gasteiger partial charge >= 0.3 is 0 Å². The van der Waals surface area contributed by atoms with Crippen molar-refractivity contribution < 1.29 is 9.18 Å². The van der Waals surface area contributed by atoms with E-state index in [9.17, 15) is 9.18 Å². The average molecular weight is 436 g/mol. The summed E-state index contributed by atoms with van der Waals surface area (Å²) in [6.45, 7) is 4.71. The number of piperidine rings is 1. The SMILES string of the molecule is CC1(CNC(=O)c2nc(-c3cccs3)n(-c3ccc(F)cc3)n2)CCNCC1.Cl. The first-order chi connectivity index (χ1) is 13.5. The zero-order valence-electron chi connectivity index (χ0n) is 16.0. The number of hydrogen-bond donors (Lipinski definition) is 2. The van der Waals surface area contributed by atoms with Crippen molar-refractivity contribution in [3.8, 4) is 16.4 Å². The van der Waals surface area contributed by atoms with Gasteiger partial charge < -0.3 is 10.6 Å². The van der Waals surface area contributed by atoms with Gasteiger partial charge in [0.1, 0.15) is 5.82 Å². The van der Waals surface area contributed by atoms with Gasteiger partial charge in [-0.2, -0.15) is 0 Å².